The van der Waals surface area contributed by atoms with Crippen LogP contribution in [0.3, 0.4) is 0 Å². The van der Waals surface area contributed by atoms with Crippen molar-refractivity contribution in [3.63, 3.8) is 0 Å². The molecule has 1 heterocycles. The summed E-state index contributed by atoms with van der Waals surface area (Å²) in [6, 6.07) is 1.83. The number of aliphatic hydroxyl groups is 1. The first-order chi connectivity index (χ1) is 7.74. The summed E-state index contributed by atoms with van der Waals surface area (Å²) in [7, 11) is 0. The predicted octanol–water partition coefficient (Wildman–Crippen LogP) is 1.40. The zero-order valence-corrected chi connectivity index (χ0v) is 10.2. The number of anilines is 1. The van der Waals surface area contributed by atoms with Gasteiger partial charge in [-0.2, -0.15) is 0 Å². The fourth-order valence-electron chi connectivity index (χ4n) is 1.52. The lowest BCUT2D eigenvalue weighted by molar-refractivity contribution is 0.289. The molecule has 0 aliphatic carbocycles. The molecule has 0 aromatic carbocycles. The second-order valence-corrected chi connectivity index (χ2v) is 3.85. The van der Waals surface area contributed by atoms with Crippen molar-refractivity contribution in [2.45, 2.75) is 19.9 Å². The topological polar surface area (TPSA) is 62.4 Å². The monoisotopic (exact) mass is 243 g/mol. The molecule has 0 amide bonds. The van der Waals surface area contributed by atoms with E-state index in [2.05, 4.69) is 4.98 Å². The van der Waals surface area contributed by atoms with Crippen LogP contribution in [0.2, 0.25) is 5.02 Å². The van der Waals surface area contributed by atoms with Gasteiger partial charge in [0.15, 0.2) is 0 Å². The third-order valence-corrected chi connectivity index (χ3v) is 2.85. The maximum absolute atomic E-state index is 8.83. The molecule has 0 saturated carbocycles. The summed E-state index contributed by atoms with van der Waals surface area (Å²) < 4.78 is 0. The van der Waals surface area contributed by atoms with Gasteiger partial charge in [0.1, 0.15) is 5.82 Å². The smallest absolute Gasteiger partial charge is 0.147 e. The van der Waals surface area contributed by atoms with Crippen LogP contribution in [-0.2, 0) is 6.54 Å². The van der Waals surface area contributed by atoms with Crippen molar-refractivity contribution in [3.05, 3.63) is 22.8 Å². The van der Waals surface area contributed by atoms with Gasteiger partial charge in [0.25, 0.3) is 0 Å². The minimum absolute atomic E-state index is 0.171. The Morgan fingerprint density at radius 3 is 2.88 bits per heavy atom. The molecule has 1 rings (SSSR count). The van der Waals surface area contributed by atoms with E-state index >= 15 is 0 Å². The van der Waals surface area contributed by atoms with Crippen LogP contribution < -0.4 is 10.6 Å². The van der Waals surface area contributed by atoms with E-state index in [1.165, 1.54) is 0 Å². The number of pyridine rings is 1. The zero-order valence-electron chi connectivity index (χ0n) is 9.49. The summed E-state index contributed by atoms with van der Waals surface area (Å²) in [6.45, 7) is 4.16. The number of nitrogens with two attached hydrogens (primary N) is 1. The highest BCUT2D eigenvalue weighted by molar-refractivity contribution is 6.33. The van der Waals surface area contributed by atoms with E-state index in [0.29, 0.717) is 18.0 Å². The lowest BCUT2D eigenvalue weighted by Gasteiger charge is -2.23. The number of hydrogen-bond acceptors (Lipinski definition) is 4. The Morgan fingerprint density at radius 1 is 1.56 bits per heavy atom. The van der Waals surface area contributed by atoms with Gasteiger partial charge in [0.2, 0.25) is 0 Å². The van der Waals surface area contributed by atoms with Crippen LogP contribution in [0, 0.1) is 0 Å². The minimum atomic E-state index is 0.171. The van der Waals surface area contributed by atoms with Gasteiger partial charge in [0.05, 0.1) is 5.02 Å². The molecule has 0 atom stereocenters. The van der Waals surface area contributed by atoms with Crippen LogP contribution in [0.5, 0.6) is 0 Å². The van der Waals surface area contributed by atoms with E-state index in [1.54, 1.807) is 6.20 Å². The Bertz CT molecular complexity index is 333. The first kappa shape index (κ1) is 13.2. The number of nitrogens with zero attached hydrogens (tertiary/aromatic N) is 2. The van der Waals surface area contributed by atoms with E-state index in [-0.39, 0.29) is 6.61 Å². The molecule has 90 valence electrons. The Morgan fingerprint density at radius 2 is 2.31 bits per heavy atom. The van der Waals surface area contributed by atoms with Gasteiger partial charge < -0.3 is 15.7 Å². The molecular weight excluding hydrogens is 226 g/mol. The molecule has 0 spiro atoms. The summed E-state index contributed by atoms with van der Waals surface area (Å²) >= 11 is 6.21. The highest BCUT2D eigenvalue weighted by Gasteiger charge is 2.12. The van der Waals surface area contributed by atoms with E-state index in [4.69, 9.17) is 22.4 Å². The maximum atomic E-state index is 8.83. The summed E-state index contributed by atoms with van der Waals surface area (Å²) in [5.74, 6) is 0.751. The Labute approximate surface area is 101 Å². The summed E-state index contributed by atoms with van der Waals surface area (Å²) in [5.41, 5.74) is 6.49. The van der Waals surface area contributed by atoms with Crippen molar-refractivity contribution in [1.82, 2.24) is 4.98 Å². The van der Waals surface area contributed by atoms with Gasteiger partial charge in [-0.1, -0.05) is 11.6 Å². The molecule has 3 N–H and O–H groups in total. The van der Waals surface area contributed by atoms with Crippen molar-refractivity contribution in [2.75, 3.05) is 24.6 Å². The average molecular weight is 244 g/mol. The summed E-state index contributed by atoms with van der Waals surface area (Å²) in [4.78, 5) is 6.31. The molecule has 0 radical (unpaired) electrons. The average Bonchev–Trinajstić information content (AvgIpc) is 2.32. The van der Waals surface area contributed by atoms with Gasteiger partial charge in [-0.3, -0.25) is 0 Å². The molecule has 0 aliphatic heterocycles. The normalized spacial score (nSPS) is 10.5. The van der Waals surface area contributed by atoms with Crippen LogP contribution in [0.4, 0.5) is 5.82 Å². The van der Waals surface area contributed by atoms with Crippen molar-refractivity contribution in [1.29, 1.82) is 0 Å². The molecular formula is C11H18ClN3O. The maximum Gasteiger partial charge on any atom is 0.147 e. The minimum Gasteiger partial charge on any atom is -0.396 e. The molecule has 0 unspecified atom stereocenters. The predicted molar refractivity (Wildman–Crippen MR) is 66.7 cm³/mol. The van der Waals surface area contributed by atoms with Crippen molar-refractivity contribution >= 4 is 17.4 Å². The third-order valence-electron chi connectivity index (χ3n) is 2.44. The number of hydrogen-bond donors (Lipinski definition) is 2. The second kappa shape index (κ2) is 6.68. The van der Waals surface area contributed by atoms with Gasteiger partial charge >= 0.3 is 0 Å². The first-order valence-electron chi connectivity index (χ1n) is 5.43. The Balaban J connectivity index is 2.91. The quantitative estimate of drug-likeness (QED) is 0.793. The van der Waals surface area contributed by atoms with E-state index in [1.807, 2.05) is 17.9 Å². The highest BCUT2D eigenvalue weighted by Crippen LogP contribution is 2.26. The number of aromatic nitrogens is 1. The molecule has 0 fully saturated rings. The lowest BCUT2D eigenvalue weighted by atomic mass is 10.2. The fourth-order valence-corrected chi connectivity index (χ4v) is 1.83. The molecule has 4 nitrogen and oxygen atoms in total. The van der Waals surface area contributed by atoms with Crippen LogP contribution in [0.25, 0.3) is 0 Å². The van der Waals surface area contributed by atoms with Gasteiger partial charge in [-0.25, -0.2) is 4.98 Å². The number of rotatable bonds is 6. The summed E-state index contributed by atoms with van der Waals surface area (Å²) in [5, 5.41) is 9.44. The highest BCUT2D eigenvalue weighted by atomic mass is 35.5. The molecule has 16 heavy (non-hydrogen) atoms. The zero-order chi connectivity index (χ0) is 12.0. The molecule has 1 aromatic rings. The van der Waals surface area contributed by atoms with Crippen LogP contribution in [0.15, 0.2) is 12.3 Å². The molecule has 1 aromatic heterocycles. The molecule has 0 bridgehead atoms. The molecule has 5 heteroatoms. The Hall–Kier alpha value is -0.840. The van der Waals surface area contributed by atoms with E-state index in [0.717, 1.165) is 24.5 Å². The Kier molecular flexibility index (Phi) is 5.52. The van der Waals surface area contributed by atoms with Crippen molar-refractivity contribution < 1.29 is 5.11 Å². The number of halogens is 1. The standard InChI is InChI=1S/C11H18ClN3O/c1-2-15(6-3-7-16)11-10(12)9(8-13)4-5-14-11/h4-5,16H,2-3,6-8,13H2,1H3. The van der Waals surface area contributed by atoms with Gasteiger partial charge in [0, 0.05) is 32.4 Å². The van der Waals surface area contributed by atoms with Crippen LogP contribution in [0.1, 0.15) is 18.9 Å². The van der Waals surface area contributed by atoms with Gasteiger partial charge in [-0.05, 0) is 25.0 Å². The summed E-state index contributed by atoms with van der Waals surface area (Å²) in [6.07, 6.45) is 2.42. The fraction of sp³-hybridized carbons (Fsp3) is 0.545. The van der Waals surface area contributed by atoms with Crippen LogP contribution in [-0.4, -0.2) is 29.8 Å². The largest absolute Gasteiger partial charge is 0.396 e. The molecule has 0 aliphatic rings. The van der Waals surface area contributed by atoms with Crippen molar-refractivity contribution in [3.8, 4) is 0 Å². The van der Waals surface area contributed by atoms with E-state index in [9.17, 15) is 0 Å². The second-order valence-electron chi connectivity index (χ2n) is 3.47. The third kappa shape index (κ3) is 3.07. The first-order valence-corrected chi connectivity index (χ1v) is 5.81. The van der Waals surface area contributed by atoms with E-state index < -0.39 is 0 Å². The molecule has 0 saturated heterocycles. The van der Waals surface area contributed by atoms with Gasteiger partial charge in [-0.15, -0.1) is 0 Å². The van der Waals surface area contributed by atoms with Crippen molar-refractivity contribution in [2.24, 2.45) is 5.73 Å². The lowest BCUT2D eigenvalue weighted by Crippen LogP contribution is -2.26. The van der Waals surface area contributed by atoms with Crippen LogP contribution >= 0.6 is 11.6 Å². The SMILES string of the molecule is CCN(CCCO)c1nccc(CN)c1Cl. The number of aliphatic hydroxyl groups excluding tert-OH is 1.